The summed E-state index contributed by atoms with van der Waals surface area (Å²) in [6, 6.07) is 5.69. The van der Waals surface area contributed by atoms with Gasteiger partial charge in [0.2, 0.25) is 43.2 Å². The number of carbonyl (C=O) groups excluding carboxylic acids is 1. The number of rotatable bonds is 8. The van der Waals surface area contributed by atoms with E-state index in [0.29, 0.717) is 10.1 Å². The Kier molecular flexibility index (Phi) is 7.76. The third-order valence-corrected chi connectivity index (χ3v) is 6.87. The van der Waals surface area contributed by atoms with Crippen LogP contribution in [0.5, 0.6) is 5.75 Å². The predicted molar refractivity (Wildman–Crippen MR) is 107 cm³/mol. The fourth-order valence-corrected chi connectivity index (χ4v) is 4.84. The lowest BCUT2D eigenvalue weighted by molar-refractivity contribution is 0.0721. The van der Waals surface area contributed by atoms with E-state index < -0.39 is 55.1 Å². The molecule has 1 heterocycles. The van der Waals surface area contributed by atoms with E-state index in [0.717, 1.165) is 11.3 Å². The van der Waals surface area contributed by atoms with Gasteiger partial charge in [0.25, 0.3) is 0 Å². The van der Waals surface area contributed by atoms with Crippen molar-refractivity contribution in [1.29, 1.82) is 0 Å². The zero-order valence-corrected chi connectivity index (χ0v) is 18.3. The van der Waals surface area contributed by atoms with Gasteiger partial charge >= 0.3 is 5.97 Å². The third kappa shape index (κ3) is 4.76. The van der Waals surface area contributed by atoms with Crippen molar-refractivity contribution in [1.82, 2.24) is 0 Å². The first-order valence-corrected chi connectivity index (χ1v) is 11.2. The standard InChI is InChI=1S/C20H15F6O4PS/c1-3-28-31(29-4-2)19(26)9-5-6-11-10(7-9)8-12(32-11)20(27)30-18-16(24)14(22)13(21)15(23)17(18)25/h5-8,19H,3-4H2,1-2H3. The number of alkyl halides is 1. The van der Waals surface area contributed by atoms with Crippen LogP contribution in [0.1, 0.15) is 35.0 Å². The minimum absolute atomic E-state index is 0.187. The van der Waals surface area contributed by atoms with Crippen LogP contribution in [0.3, 0.4) is 0 Å². The van der Waals surface area contributed by atoms with E-state index in [9.17, 15) is 31.1 Å². The zero-order chi connectivity index (χ0) is 23.6. The van der Waals surface area contributed by atoms with Gasteiger partial charge in [0, 0.05) is 4.70 Å². The number of carbonyl (C=O) groups is 1. The Morgan fingerprint density at radius 3 is 2.06 bits per heavy atom. The summed E-state index contributed by atoms with van der Waals surface area (Å²) in [6.45, 7) is 3.90. The van der Waals surface area contributed by atoms with E-state index in [4.69, 9.17) is 9.05 Å². The summed E-state index contributed by atoms with van der Waals surface area (Å²) in [5, 5.41) is 0.405. The Hall–Kier alpha value is -2.20. The highest BCUT2D eigenvalue weighted by molar-refractivity contribution is 7.47. The Morgan fingerprint density at radius 1 is 0.938 bits per heavy atom. The highest BCUT2D eigenvalue weighted by Crippen LogP contribution is 2.54. The molecule has 0 aliphatic heterocycles. The van der Waals surface area contributed by atoms with Crippen molar-refractivity contribution in [2.24, 2.45) is 0 Å². The van der Waals surface area contributed by atoms with Crippen LogP contribution in [0, 0.1) is 29.1 Å². The molecule has 0 spiro atoms. The smallest absolute Gasteiger partial charge is 0.353 e. The van der Waals surface area contributed by atoms with Crippen molar-refractivity contribution in [3.8, 4) is 5.75 Å². The summed E-state index contributed by atoms with van der Waals surface area (Å²) in [4.78, 5) is 12.1. The molecule has 0 saturated carbocycles. The van der Waals surface area contributed by atoms with Crippen LogP contribution in [0.4, 0.5) is 26.3 Å². The Morgan fingerprint density at radius 2 is 1.50 bits per heavy atom. The van der Waals surface area contributed by atoms with Gasteiger partial charge in [0.05, 0.1) is 13.2 Å². The van der Waals surface area contributed by atoms with E-state index in [-0.39, 0.29) is 23.7 Å². The summed E-state index contributed by atoms with van der Waals surface area (Å²) in [5.74, 6) is -16.0. The van der Waals surface area contributed by atoms with E-state index in [1.165, 1.54) is 24.3 Å². The molecule has 0 amide bonds. The van der Waals surface area contributed by atoms with Gasteiger partial charge < -0.3 is 13.8 Å². The first-order chi connectivity index (χ1) is 15.2. The summed E-state index contributed by atoms with van der Waals surface area (Å²) in [6.07, 6.45) is 0. The Labute approximate surface area is 183 Å². The number of halogens is 6. The molecule has 0 bridgehead atoms. The van der Waals surface area contributed by atoms with Crippen molar-refractivity contribution < 1.29 is 44.9 Å². The van der Waals surface area contributed by atoms with Crippen LogP contribution in [-0.4, -0.2) is 19.2 Å². The van der Waals surface area contributed by atoms with Gasteiger partial charge in [0.15, 0.2) is 5.91 Å². The normalized spacial score (nSPS) is 12.5. The van der Waals surface area contributed by atoms with Gasteiger partial charge in [0.1, 0.15) is 4.88 Å². The fourth-order valence-electron chi connectivity index (χ4n) is 2.67. The van der Waals surface area contributed by atoms with Crippen LogP contribution in [-0.2, 0) is 9.05 Å². The average molecular weight is 496 g/mol. The number of hydrogen-bond donors (Lipinski definition) is 0. The number of thiophene rings is 1. The summed E-state index contributed by atoms with van der Waals surface area (Å²) >= 11 is 0.837. The molecule has 12 heteroatoms. The predicted octanol–water partition coefficient (Wildman–Crippen LogP) is 7.17. The summed E-state index contributed by atoms with van der Waals surface area (Å²) in [7, 11) is -1.85. The van der Waals surface area contributed by atoms with Gasteiger partial charge in [-0.3, -0.25) is 0 Å². The molecule has 0 fully saturated rings. The maximum atomic E-state index is 14.9. The van der Waals surface area contributed by atoms with Crippen LogP contribution < -0.4 is 4.74 Å². The third-order valence-electron chi connectivity index (χ3n) is 4.08. The van der Waals surface area contributed by atoms with Crippen LogP contribution >= 0.6 is 19.7 Å². The molecule has 32 heavy (non-hydrogen) atoms. The Balaban J connectivity index is 1.89. The summed E-state index contributed by atoms with van der Waals surface area (Å²) in [5.41, 5.74) is 0.225. The minimum atomic E-state index is -2.37. The second kappa shape index (κ2) is 10.2. The van der Waals surface area contributed by atoms with Gasteiger partial charge in [-0.2, -0.15) is 8.78 Å². The average Bonchev–Trinajstić information content (AvgIpc) is 3.22. The molecule has 172 valence electrons. The van der Waals surface area contributed by atoms with E-state index >= 15 is 0 Å². The molecule has 0 aliphatic carbocycles. The van der Waals surface area contributed by atoms with Crippen molar-refractivity contribution in [3.63, 3.8) is 0 Å². The molecule has 1 atom stereocenters. The molecule has 3 aromatic rings. The second-order valence-electron chi connectivity index (χ2n) is 6.15. The van der Waals surface area contributed by atoms with Gasteiger partial charge in [-0.25, -0.2) is 22.4 Å². The van der Waals surface area contributed by atoms with Crippen LogP contribution in [0.15, 0.2) is 24.3 Å². The number of fused-ring (bicyclic) bond motifs is 1. The fraction of sp³-hybridized carbons (Fsp3) is 0.250. The van der Waals surface area contributed by atoms with E-state index in [1.54, 1.807) is 13.8 Å². The Bertz CT molecular complexity index is 1120. The van der Waals surface area contributed by atoms with Gasteiger partial charge in [-0.05, 0) is 43.0 Å². The van der Waals surface area contributed by atoms with E-state index in [2.05, 4.69) is 4.74 Å². The topological polar surface area (TPSA) is 44.8 Å². The zero-order valence-electron chi connectivity index (χ0n) is 16.6. The molecule has 2 aromatic carbocycles. The van der Waals surface area contributed by atoms with Crippen LogP contribution in [0.2, 0.25) is 0 Å². The molecular formula is C20H15F6O4PS. The largest absolute Gasteiger partial charge is 0.416 e. The van der Waals surface area contributed by atoms with Gasteiger partial charge in [-0.1, -0.05) is 6.07 Å². The monoisotopic (exact) mass is 496 g/mol. The van der Waals surface area contributed by atoms with Crippen molar-refractivity contribution in [2.45, 2.75) is 19.8 Å². The molecule has 1 unspecified atom stereocenters. The minimum Gasteiger partial charge on any atom is -0.416 e. The quantitative estimate of drug-likeness (QED) is 0.0829. The second-order valence-corrected chi connectivity index (χ2v) is 8.78. The number of ether oxygens (including phenoxy) is 1. The lowest BCUT2D eigenvalue weighted by Crippen LogP contribution is -2.12. The maximum absolute atomic E-state index is 14.9. The highest BCUT2D eigenvalue weighted by atomic mass is 32.1. The molecule has 0 radical (unpaired) electrons. The lowest BCUT2D eigenvalue weighted by atomic mass is 10.2. The molecule has 0 N–H and O–H groups in total. The van der Waals surface area contributed by atoms with Crippen LogP contribution in [0.25, 0.3) is 10.1 Å². The first-order valence-electron chi connectivity index (χ1n) is 9.15. The molecule has 0 saturated heterocycles. The lowest BCUT2D eigenvalue weighted by Gasteiger charge is -2.19. The number of esters is 1. The van der Waals surface area contributed by atoms with Crippen molar-refractivity contribution in [2.75, 3.05) is 13.2 Å². The highest BCUT2D eigenvalue weighted by Gasteiger charge is 2.30. The van der Waals surface area contributed by atoms with Gasteiger partial charge in [-0.15, -0.1) is 11.3 Å². The summed E-state index contributed by atoms with van der Waals surface area (Å²) < 4.78 is 97.7. The molecule has 4 nitrogen and oxygen atoms in total. The molecule has 1 aromatic heterocycles. The van der Waals surface area contributed by atoms with Crippen molar-refractivity contribution in [3.05, 3.63) is 63.8 Å². The van der Waals surface area contributed by atoms with E-state index in [1.807, 2.05) is 0 Å². The number of hydrogen-bond acceptors (Lipinski definition) is 5. The first kappa shape index (κ1) is 24.4. The molecule has 3 rings (SSSR count). The number of benzene rings is 2. The molecular weight excluding hydrogens is 481 g/mol. The molecule has 0 aliphatic rings. The maximum Gasteiger partial charge on any atom is 0.353 e. The van der Waals surface area contributed by atoms with Crippen molar-refractivity contribution >= 4 is 35.8 Å². The SMILES string of the molecule is CCOP(OCC)C(F)c1ccc2sc(C(=O)Oc3c(F)c(F)c(F)c(F)c3F)cc2c1.